The Labute approximate surface area is 62.0 Å². The molecule has 0 bridgehead atoms. The molecule has 0 heterocycles. The summed E-state index contributed by atoms with van der Waals surface area (Å²) in [7, 11) is 4.11. The molecule has 0 aliphatic heterocycles. The molecule has 0 fully saturated rings. The maximum absolute atomic E-state index is 5.60. The minimum atomic E-state index is 0.991. The van der Waals surface area contributed by atoms with Crippen LogP contribution in [0, 0.1) is 0 Å². The van der Waals surface area contributed by atoms with Crippen LogP contribution in [0.25, 0.3) is 0 Å². The van der Waals surface area contributed by atoms with Gasteiger partial charge in [-0.3, -0.25) is 0 Å². The first kappa shape index (κ1) is 7.19. The predicted molar refractivity (Wildman–Crippen MR) is 43.3 cm³/mol. The van der Waals surface area contributed by atoms with E-state index in [4.69, 9.17) is 5.73 Å². The van der Waals surface area contributed by atoms with Gasteiger partial charge in [0, 0.05) is 25.5 Å². The molecule has 0 amide bonds. The molecule has 0 unspecified atom stereocenters. The minimum Gasteiger partial charge on any atom is -0.402 e. The molecule has 10 heavy (non-hydrogen) atoms. The third kappa shape index (κ3) is 1.53. The number of nitrogens with zero attached hydrogens (tertiary/aromatic N) is 1. The quantitative estimate of drug-likeness (QED) is 0.587. The van der Waals surface area contributed by atoms with E-state index in [2.05, 4.69) is 25.1 Å². The topological polar surface area (TPSA) is 29.3 Å². The molecular formula is C8H14N2. The van der Waals surface area contributed by atoms with Gasteiger partial charge in [0.1, 0.15) is 0 Å². The first-order valence-corrected chi connectivity index (χ1v) is 3.52. The van der Waals surface area contributed by atoms with E-state index >= 15 is 0 Å². The average molecular weight is 138 g/mol. The van der Waals surface area contributed by atoms with Gasteiger partial charge in [-0.2, -0.15) is 0 Å². The summed E-state index contributed by atoms with van der Waals surface area (Å²) in [5.41, 5.74) is 7.94. The van der Waals surface area contributed by atoms with Crippen LogP contribution in [-0.2, 0) is 0 Å². The summed E-state index contributed by atoms with van der Waals surface area (Å²) >= 11 is 0. The highest BCUT2D eigenvalue weighted by Crippen LogP contribution is 2.15. The van der Waals surface area contributed by atoms with Crippen molar-refractivity contribution in [1.29, 1.82) is 0 Å². The molecule has 0 spiro atoms. The highest BCUT2D eigenvalue weighted by Gasteiger charge is 2.03. The van der Waals surface area contributed by atoms with E-state index in [0.29, 0.717) is 0 Å². The van der Waals surface area contributed by atoms with Crippen molar-refractivity contribution in [2.24, 2.45) is 5.73 Å². The molecule has 0 radical (unpaired) electrons. The largest absolute Gasteiger partial charge is 0.402 e. The first-order valence-electron chi connectivity index (χ1n) is 3.52. The van der Waals surface area contributed by atoms with Gasteiger partial charge in [0.25, 0.3) is 0 Å². The van der Waals surface area contributed by atoms with Gasteiger partial charge in [0.2, 0.25) is 0 Å². The fraction of sp³-hybridized carbons (Fsp3) is 0.500. The van der Waals surface area contributed by atoms with E-state index in [1.54, 1.807) is 0 Å². The lowest BCUT2D eigenvalue weighted by atomic mass is 10.1. The van der Waals surface area contributed by atoms with Crippen LogP contribution in [-0.4, -0.2) is 19.0 Å². The average Bonchev–Trinajstić information content (AvgIpc) is 1.88. The zero-order chi connectivity index (χ0) is 7.56. The van der Waals surface area contributed by atoms with Crippen LogP contribution in [0.4, 0.5) is 0 Å². The van der Waals surface area contributed by atoms with Crippen LogP contribution in [0.2, 0.25) is 0 Å². The lowest BCUT2D eigenvalue weighted by Gasteiger charge is -2.19. The Bertz CT molecular complexity index is 178. The SMILES string of the molecule is CN(C)C1=CC=C(N)CC1. The molecular weight excluding hydrogens is 124 g/mol. The van der Waals surface area contributed by atoms with Gasteiger partial charge in [-0.1, -0.05) is 0 Å². The van der Waals surface area contributed by atoms with E-state index in [-0.39, 0.29) is 0 Å². The minimum absolute atomic E-state index is 0.991. The van der Waals surface area contributed by atoms with Crippen molar-refractivity contribution < 1.29 is 0 Å². The van der Waals surface area contributed by atoms with Crippen molar-refractivity contribution in [2.75, 3.05) is 14.1 Å². The Kier molecular flexibility index (Phi) is 2.00. The number of rotatable bonds is 1. The molecule has 0 aromatic heterocycles. The fourth-order valence-corrected chi connectivity index (χ4v) is 1.01. The summed E-state index contributed by atoms with van der Waals surface area (Å²) in [5.74, 6) is 0. The van der Waals surface area contributed by atoms with E-state index in [1.165, 1.54) is 5.70 Å². The van der Waals surface area contributed by atoms with Crippen molar-refractivity contribution >= 4 is 0 Å². The fourth-order valence-electron chi connectivity index (χ4n) is 1.01. The highest BCUT2D eigenvalue weighted by molar-refractivity contribution is 5.20. The second-order valence-corrected chi connectivity index (χ2v) is 2.79. The summed E-state index contributed by atoms with van der Waals surface area (Å²) in [6.07, 6.45) is 6.15. The molecule has 0 saturated carbocycles. The van der Waals surface area contributed by atoms with Crippen molar-refractivity contribution in [3.8, 4) is 0 Å². The Morgan fingerprint density at radius 3 is 2.40 bits per heavy atom. The Balaban J connectivity index is 2.64. The number of hydrogen-bond acceptors (Lipinski definition) is 2. The van der Waals surface area contributed by atoms with E-state index in [9.17, 15) is 0 Å². The van der Waals surface area contributed by atoms with E-state index in [0.717, 1.165) is 18.5 Å². The molecule has 1 aliphatic rings. The summed E-state index contributed by atoms with van der Waals surface area (Å²) in [6.45, 7) is 0. The van der Waals surface area contributed by atoms with Gasteiger partial charge < -0.3 is 10.6 Å². The number of nitrogens with two attached hydrogens (primary N) is 1. The Morgan fingerprint density at radius 1 is 1.30 bits per heavy atom. The Hall–Kier alpha value is -0.920. The third-order valence-electron chi connectivity index (χ3n) is 1.73. The molecule has 1 aliphatic carbocycles. The van der Waals surface area contributed by atoms with Crippen LogP contribution in [0.15, 0.2) is 23.5 Å². The standard InChI is InChI=1S/C8H14N2/c1-10(2)8-5-3-7(9)4-6-8/h3,5H,4,6,9H2,1-2H3. The summed E-state index contributed by atoms with van der Waals surface area (Å²) in [5, 5.41) is 0. The van der Waals surface area contributed by atoms with Crippen LogP contribution < -0.4 is 5.73 Å². The molecule has 0 atom stereocenters. The number of hydrogen-bond donors (Lipinski definition) is 1. The highest BCUT2D eigenvalue weighted by atomic mass is 15.1. The molecule has 0 saturated heterocycles. The van der Waals surface area contributed by atoms with Crippen LogP contribution in [0.5, 0.6) is 0 Å². The molecule has 0 aromatic rings. The first-order chi connectivity index (χ1) is 4.70. The Morgan fingerprint density at radius 2 is 2.00 bits per heavy atom. The third-order valence-corrected chi connectivity index (χ3v) is 1.73. The lowest BCUT2D eigenvalue weighted by Crippen LogP contribution is -2.14. The molecule has 2 heteroatoms. The van der Waals surface area contributed by atoms with Gasteiger partial charge in [-0.15, -0.1) is 0 Å². The van der Waals surface area contributed by atoms with Gasteiger partial charge in [-0.25, -0.2) is 0 Å². The van der Waals surface area contributed by atoms with Gasteiger partial charge >= 0.3 is 0 Å². The van der Waals surface area contributed by atoms with Gasteiger partial charge in [0.05, 0.1) is 0 Å². The van der Waals surface area contributed by atoms with Crippen LogP contribution in [0.3, 0.4) is 0 Å². The predicted octanol–water partition coefficient (Wildman–Crippen LogP) is 1.07. The zero-order valence-electron chi connectivity index (χ0n) is 6.59. The monoisotopic (exact) mass is 138 g/mol. The van der Waals surface area contributed by atoms with Crippen molar-refractivity contribution in [1.82, 2.24) is 4.90 Å². The molecule has 56 valence electrons. The van der Waals surface area contributed by atoms with Crippen LogP contribution >= 0.6 is 0 Å². The second kappa shape index (κ2) is 2.78. The maximum atomic E-state index is 5.60. The van der Waals surface area contributed by atoms with E-state index in [1.807, 2.05) is 6.08 Å². The zero-order valence-corrected chi connectivity index (χ0v) is 6.59. The van der Waals surface area contributed by atoms with E-state index < -0.39 is 0 Å². The van der Waals surface area contributed by atoms with Crippen LogP contribution in [0.1, 0.15) is 12.8 Å². The summed E-state index contributed by atoms with van der Waals surface area (Å²) in [6, 6.07) is 0. The van der Waals surface area contributed by atoms with Crippen molar-refractivity contribution in [3.63, 3.8) is 0 Å². The summed E-state index contributed by atoms with van der Waals surface area (Å²) < 4.78 is 0. The van der Waals surface area contributed by atoms with Gasteiger partial charge in [-0.05, 0) is 25.0 Å². The molecule has 2 nitrogen and oxygen atoms in total. The van der Waals surface area contributed by atoms with Crippen molar-refractivity contribution in [2.45, 2.75) is 12.8 Å². The molecule has 2 N–H and O–H groups in total. The summed E-state index contributed by atoms with van der Waals surface area (Å²) in [4.78, 5) is 2.13. The second-order valence-electron chi connectivity index (χ2n) is 2.79. The molecule has 1 rings (SSSR count). The smallest absolute Gasteiger partial charge is 0.0132 e. The maximum Gasteiger partial charge on any atom is 0.0132 e. The van der Waals surface area contributed by atoms with Gasteiger partial charge in [0.15, 0.2) is 0 Å². The normalized spacial score (nSPS) is 17.8. The lowest BCUT2D eigenvalue weighted by molar-refractivity contribution is 0.483. The number of allylic oxidation sites excluding steroid dienone is 4. The molecule has 0 aromatic carbocycles. The van der Waals surface area contributed by atoms with Crippen molar-refractivity contribution in [3.05, 3.63) is 23.5 Å².